The van der Waals surface area contributed by atoms with Crippen LogP contribution >= 0.6 is 0 Å². The summed E-state index contributed by atoms with van der Waals surface area (Å²) in [5.41, 5.74) is 11.0. The fraction of sp³-hybridized carbons (Fsp3) is 0.310. The van der Waals surface area contributed by atoms with Gasteiger partial charge in [0.15, 0.2) is 0 Å². The van der Waals surface area contributed by atoms with Crippen LogP contribution in [0.5, 0.6) is 0 Å². The Kier molecular flexibility index (Phi) is 9.44. The summed E-state index contributed by atoms with van der Waals surface area (Å²) in [4.78, 5) is 4.32. The Morgan fingerprint density at radius 2 is 1.57 bits per heavy atom. The second-order valence-electron chi connectivity index (χ2n) is 8.89. The molecule has 1 heterocycles. The van der Waals surface area contributed by atoms with Crippen molar-refractivity contribution in [2.45, 2.75) is 32.4 Å². The summed E-state index contributed by atoms with van der Waals surface area (Å²) in [6.07, 6.45) is 2.55. The topological polar surface area (TPSA) is 89.4 Å². The molecule has 6 heteroatoms. The highest BCUT2D eigenvalue weighted by atomic mass is 16.5. The first-order valence-corrected chi connectivity index (χ1v) is 12.0. The van der Waals surface area contributed by atoms with Gasteiger partial charge < -0.3 is 20.3 Å². The number of nitrogens with zero attached hydrogens (tertiary/aromatic N) is 2. The molecule has 1 saturated heterocycles. The van der Waals surface area contributed by atoms with Crippen molar-refractivity contribution in [3.05, 3.63) is 90.0 Å². The van der Waals surface area contributed by atoms with Crippen molar-refractivity contribution >= 4 is 17.4 Å². The summed E-state index contributed by atoms with van der Waals surface area (Å²) in [7, 11) is 3.86. The number of para-hydroxylation sites is 1. The lowest BCUT2D eigenvalue weighted by molar-refractivity contribution is 0.0576. The Morgan fingerprint density at radius 3 is 2.17 bits per heavy atom. The number of benzene rings is 3. The molecule has 3 aromatic carbocycles. The molecule has 0 amide bonds. The predicted molar refractivity (Wildman–Crippen MR) is 146 cm³/mol. The Bertz CT molecular complexity index is 1110. The standard InChI is InChI=1S/C21H21N3.C8H16N2O/c1-24(20-11-3-2-4-12-20)15-16-7-5-8-17(13-16)18-9-6-10-19(14-18)21(22)23;1-7(9)10-5-3-8(11-2)4-6-10/h2-14H,15H2,1H3,(H3,22,23);8-9H,3-6H2,1-2H3. The first kappa shape index (κ1) is 26.0. The van der Waals surface area contributed by atoms with E-state index in [0.29, 0.717) is 11.9 Å². The molecule has 4 rings (SSSR count). The minimum atomic E-state index is 0.0943. The number of ether oxygens (including phenoxy) is 1. The molecule has 0 saturated carbocycles. The second-order valence-corrected chi connectivity index (χ2v) is 8.89. The molecule has 0 aliphatic carbocycles. The van der Waals surface area contributed by atoms with Crippen LogP contribution in [0.3, 0.4) is 0 Å². The van der Waals surface area contributed by atoms with Crippen LogP contribution in [0.4, 0.5) is 5.69 Å². The van der Waals surface area contributed by atoms with Crippen LogP contribution in [0.2, 0.25) is 0 Å². The van der Waals surface area contributed by atoms with E-state index in [1.807, 2.05) is 37.3 Å². The molecule has 1 aliphatic rings. The van der Waals surface area contributed by atoms with Crippen LogP contribution in [-0.4, -0.2) is 49.9 Å². The molecule has 1 aliphatic heterocycles. The van der Waals surface area contributed by atoms with Gasteiger partial charge in [0.25, 0.3) is 0 Å². The highest BCUT2D eigenvalue weighted by Crippen LogP contribution is 2.23. The Balaban J connectivity index is 0.000000261. The molecule has 0 unspecified atom stereocenters. The zero-order chi connectivity index (χ0) is 25.2. The maximum absolute atomic E-state index is 7.60. The van der Waals surface area contributed by atoms with Gasteiger partial charge in [0.2, 0.25) is 0 Å². The number of amidine groups is 2. The number of anilines is 1. The summed E-state index contributed by atoms with van der Waals surface area (Å²) >= 11 is 0. The van der Waals surface area contributed by atoms with Gasteiger partial charge in [-0.25, -0.2) is 0 Å². The molecule has 1 fully saturated rings. The van der Waals surface area contributed by atoms with Crippen LogP contribution in [0, 0.1) is 10.8 Å². The van der Waals surface area contributed by atoms with Crippen molar-refractivity contribution in [1.29, 1.82) is 10.8 Å². The van der Waals surface area contributed by atoms with Gasteiger partial charge in [-0.3, -0.25) is 10.8 Å². The number of hydrogen-bond acceptors (Lipinski definition) is 4. The summed E-state index contributed by atoms with van der Waals surface area (Å²) in [5, 5.41) is 15.0. The van der Waals surface area contributed by atoms with E-state index in [9.17, 15) is 0 Å². The fourth-order valence-electron chi connectivity index (χ4n) is 4.19. The predicted octanol–water partition coefficient (Wildman–Crippen LogP) is 5.37. The van der Waals surface area contributed by atoms with Crippen molar-refractivity contribution in [3.8, 4) is 11.1 Å². The van der Waals surface area contributed by atoms with Crippen molar-refractivity contribution in [1.82, 2.24) is 4.90 Å². The molecule has 0 radical (unpaired) electrons. The summed E-state index contributed by atoms with van der Waals surface area (Å²) in [6, 6.07) is 26.7. The fourth-order valence-corrected chi connectivity index (χ4v) is 4.19. The minimum Gasteiger partial charge on any atom is -0.384 e. The molecule has 184 valence electrons. The number of methoxy groups -OCH3 is 1. The van der Waals surface area contributed by atoms with E-state index in [-0.39, 0.29) is 5.84 Å². The molecule has 0 aromatic heterocycles. The van der Waals surface area contributed by atoms with Crippen LogP contribution in [0.15, 0.2) is 78.9 Å². The first-order valence-electron chi connectivity index (χ1n) is 12.0. The molecule has 0 spiro atoms. The van der Waals surface area contributed by atoms with Gasteiger partial charge in [-0.05, 0) is 60.7 Å². The Hall–Kier alpha value is -3.64. The number of nitrogens with two attached hydrogens (primary N) is 1. The zero-order valence-electron chi connectivity index (χ0n) is 21.0. The molecular weight excluding hydrogens is 434 g/mol. The van der Waals surface area contributed by atoms with Gasteiger partial charge >= 0.3 is 0 Å². The lowest BCUT2D eigenvalue weighted by atomic mass is 10.0. The normalized spacial score (nSPS) is 13.5. The van der Waals surface area contributed by atoms with Crippen molar-refractivity contribution in [3.63, 3.8) is 0 Å². The zero-order valence-corrected chi connectivity index (χ0v) is 21.0. The number of nitrogen functional groups attached to an aromatic ring is 1. The molecular formula is C29H37N5O. The highest BCUT2D eigenvalue weighted by Gasteiger charge is 2.18. The largest absolute Gasteiger partial charge is 0.384 e. The molecule has 0 atom stereocenters. The lowest BCUT2D eigenvalue weighted by Crippen LogP contribution is -2.39. The lowest BCUT2D eigenvalue weighted by Gasteiger charge is -2.31. The molecule has 35 heavy (non-hydrogen) atoms. The van der Waals surface area contributed by atoms with Gasteiger partial charge in [0.05, 0.1) is 11.9 Å². The summed E-state index contributed by atoms with van der Waals surface area (Å²) in [6.45, 7) is 4.64. The number of piperidine rings is 1. The third-order valence-electron chi connectivity index (χ3n) is 6.30. The van der Waals surface area contributed by atoms with Gasteiger partial charge in [0.1, 0.15) is 5.84 Å². The molecule has 4 N–H and O–H groups in total. The van der Waals surface area contributed by atoms with Gasteiger partial charge in [-0.15, -0.1) is 0 Å². The third-order valence-corrected chi connectivity index (χ3v) is 6.30. The van der Waals surface area contributed by atoms with E-state index in [4.69, 9.17) is 21.3 Å². The monoisotopic (exact) mass is 471 g/mol. The maximum atomic E-state index is 7.60. The van der Waals surface area contributed by atoms with Gasteiger partial charge in [0, 0.05) is 45.0 Å². The number of nitrogens with one attached hydrogen (secondary N) is 2. The average molecular weight is 472 g/mol. The van der Waals surface area contributed by atoms with Gasteiger partial charge in [-0.1, -0.05) is 54.6 Å². The summed E-state index contributed by atoms with van der Waals surface area (Å²) < 4.78 is 5.22. The molecule has 3 aromatic rings. The smallest absolute Gasteiger partial charge is 0.122 e. The van der Waals surface area contributed by atoms with E-state index in [1.54, 1.807) is 7.11 Å². The molecule has 0 bridgehead atoms. The number of rotatable bonds is 6. The minimum absolute atomic E-state index is 0.0943. The molecule has 6 nitrogen and oxygen atoms in total. The van der Waals surface area contributed by atoms with E-state index in [2.05, 4.69) is 65.4 Å². The van der Waals surface area contributed by atoms with Crippen LogP contribution in [-0.2, 0) is 11.3 Å². The van der Waals surface area contributed by atoms with Crippen LogP contribution in [0.1, 0.15) is 30.9 Å². The SMILES string of the molecule is CN(Cc1cccc(-c2cccc(C(=N)N)c2)c1)c1ccccc1.COC1CCN(C(C)=N)CC1. The van der Waals surface area contributed by atoms with Crippen molar-refractivity contribution in [2.75, 3.05) is 32.1 Å². The van der Waals surface area contributed by atoms with E-state index >= 15 is 0 Å². The number of hydrogen-bond donors (Lipinski definition) is 3. The van der Waals surface area contributed by atoms with Crippen LogP contribution < -0.4 is 10.6 Å². The van der Waals surface area contributed by atoms with Gasteiger partial charge in [-0.2, -0.15) is 0 Å². The van der Waals surface area contributed by atoms with E-state index < -0.39 is 0 Å². The maximum Gasteiger partial charge on any atom is 0.122 e. The highest BCUT2D eigenvalue weighted by molar-refractivity contribution is 5.96. The van der Waals surface area contributed by atoms with E-state index in [0.717, 1.165) is 49.2 Å². The van der Waals surface area contributed by atoms with Crippen molar-refractivity contribution in [2.24, 2.45) is 5.73 Å². The summed E-state index contributed by atoms with van der Waals surface area (Å²) in [5.74, 6) is 0.774. The average Bonchev–Trinajstić information content (AvgIpc) is 2.90. The number of likely N-dealkylation sites (tertiary alicyclic amines) is 1. The van der Waals surface area contributed by atoms with E-state index in [1.165, 1.54) is 11.3 Å². The quantitative estimate of drug-likeness (QED) is 0.333. The first-order chi connectivity index (χ1) is 16.9. The Labute approximate surface area is 209 Å². The second kappa shape index (κ2) is 12.7. The van der Waals surface area contributed by atoms with Crippen molar-refractivity contribution < 1.29 is 4.74 Å². The Morgan fingerprint density at radius 1 is 0.943 bits per heavy atom. The van der Waals surface area contributed by atoms with Crippen LogP contribution in [0.25, 0.3) is 11.1 Å². The third kappa shape index (κ3) is 7.69.